The highest BCUT2D eigenvalue weighted by Crippen LogP contribution is 2.28. The fourth-order valence-corrected chi connectivity index (χ4v) is 3.61. The first kappa shape index (κ1) is 19.4. The second kappa shape index (κ2) is 8.13. The standard InChI is InChI=1S/C22H23N3O3/c1-15-14-24(19-7-5-18(6-8-19)22(27)28-3)10-11-25(15)21-12-17(13-23)4-9-20(21)16(2)26/h4-9,12,15H,10-11,14H2,1-3H3. The molecule has 0 aromatic heterocycles. The van der Waals surface area contributed by atoms with Gasteiger partial charge in [-0.05, 0) is 56.3 Å². The summed E-state index contributed by atoms with van der Waals surface area (Å²) >= 11 is 0. The van der Waals surface area contributed by atoms with Crippen molar-refractivity contribution >= 4 is 23.1 Å². The van der Waals surface area contributed by atoms with Crippen molar-refractivity contribution in [3.63, 3.8) is 0 Å². The van der Waals surface area contributed by atoms with Gasteiger partial charge in [-0.2, -0.15) is 5.26 Å². The second-order valence-corrected chi connectivity index (χ2v) is 6.93. The molecule has 2 aromatic rings. The largest absolute Gasteiger partial charge is 0.465 e. The molecule has 0 N–H and O–H groups in total. The Bertz CT molecular complexity index is 931. The van der Waals surface area contributed by atoms with E-state index in [0.29, 0.717) is 16.7 Å². The van der Waals surface area contributed by atoms with Gasteiger partial charge >= 0.3 is 5.97 Å². The van der Waals surface area contributed by atoms with Gasteiger partial charge < -0.3 is 14.5 Å². The molecule has 3 rings (SSSR count). The highest BCUT2D eigenvalue weighted by atomic mass is 16.5. The molecule has 1 saturated heterocycles. The molecule has 1 fully saturated rings. The Kier molecular flexibility index (Phi) is 5.65. The first-order chi connectivity index (χ1) is 13.4. The number of carbonyl (C=O) groups excluding carboxylic acids is 2. The maximum absolute atomic E-state index is 12.1. The van der Waals surface area contributed by atoms with E-state index in [2.05, 4.69) is 22.8 Å². The lowest BCUT2D eigenvalue weighted by Crippen LogP contribution is -2.52. The molecular formula is C22H23N3O3. The third kappa shape index (κ3) is 3.84. The molecule has 1 aliphatic heterocycles. The molecule has 0 amide bonds. The molecule has 28 heavy (non-hydrogen) atoms. The number of benzene rings is 2. The molecule has 0 aliphatic carbocycles. The second-order valence-electron chi connectivity index (χ2n) is 6.93. The van der Waals surface area contributed by atoms with E-state index in [0.717, 1.165) is 31.0 Å². The van der Waals surface area contributed by atoms with Crippen molar-refractivity contribution in [3.8, 4) is 6.07 Å². The van der Waals surface area contributed by atoms with Gasteiger partial charge in [0, 0.05) is 42.6 Å². The van der Waals surface area contributed by atoms with Crippen LogP contribution in [-0.4, -0.2) is 44.5 Å². The van der Waals surface area contributed by atoms with Crippen molar-refractivity contribution in [1.82, 2.24) is 0 Å². The Labute approximate surface area is 164 Å². The Morgan fingerprint density at radius 1 is 1.14 bits per heavy atom. The fraction of sp³-hybridized carbons (Fsp3) is 0.318. The number of rotatable bonds is 4. The average Bonchev–Trinajstić information content (AvgIpc) is 2.72. The lowest BCUT2D eigenvalue weighted by Gasteiger charge is -2.43. The molecule has 0 spiro atoms. The van der Waals surface area contributed by atoms with Crippen LogP contribution < -0.4 is 9.80 Å². The minimum atomic E-state index is -0.348. The van der Waals surface area contributed by atoms with Gasteiger partial charge in [0.15, 0.2) is 5.78 Å². The lowest BCUT2D eigenvalue weighted by molar-refractivity contribution is 0.0600. The zero-order chi connectivity index (χ0) is 20.3. The van der Waals surface area contributed by atoms with Gasteiger partial charge in [0.1, 0.15) is 0 Å². The van der Waals surface area contributed by atoms with Gasteiger partial charge in [0.25, 0.3) is 0 Å². The number of nitriles is 1. The van der Waals surface area contributed by atoms with E-state index < -0.39 is 0 Å². The predicted octanol–water partition coefficient (Wildman–Crippen LogP) is 3.26. The van der Waals surface area contributed by atoms with Gasteiger partial charge in [0.05, 0.1) is 24.3 Å². The van der Waals surface area contributed by atoms with Crippen LogP contribution in [0.1, 0.15) is 40.1 Å². The van der Waals surface area contributed by atoms with Crippen molar-refractivity contribution in [3.05, 3.63) is 59.2 Å². The van der Waals surface area contributed by atoms with Crippen molar-refractivity contribution in [2.45, 2.75) is 19.9 Å². The molecular weight excluding hydrogens is 354 g/mol. The molecule has 0 radical (unpaired) electrons. The van der Waals surface area contributed by atoms with Crippen LogP contribution >= 0.6 is 0 Å². The normalized spacial score (nSPS) is 16.4. The summed E-state index contributed by atoms with van der Waals surface area (Å²) in [5.74, 6) is -0.355. The molecule has 2 aromatic carbocycles. The van der Waals surface area contributed by atoms with Gasteiger partial charge in [-0.3, -0.25) is 4.79 Å². The van der Waals surface area contributed by atoms with Crippen molar-refractivity contribution in [2.75, 3.05) is 36.5 Å². The van der Waals surface area contributed by atoms with Crippen LogP contribution in [0, 0.1) is 11.3 Å². The predicted molar refractivity (Wildman–Crippen MR) is 108 cm³/mol. The number of ether oxygens (including phenoxy) is 1. The minimum Gasteiger partial charge on any atom is -0.465 e. The van der Waals surface area contributed by atoms with Gasteiger partial charge in [-0.25, -0.2) is 4.79 Å². The third-order valence-corrected chi connectivity index (χ3v) is 5.10. The molecule has 0 saturated carbocycles. The first-order valence-electron chi connectivity index (χ1n) is 9.19. The summed E-state index contributed by atoms with van der Waals surface area (Å²) in [6.07, 6.45) is 0. The summed E-state index contributed by atoms with van der Waals surface area (Å²) in [7, 11) is 1.37. The van der Waals surface area contributed by atoms with Crippen LogP contribution in [0.3, 0.4) is 0 Å². The Morgan fingerprint density at radius 2 is 1.86 bits per heavy atom. The number of Topliss-reactive ketones (excluding diaryl/α,β-unsaturated/α-hetero) is 1. The van der Waals surface area contributed by atoms with Crippen LogP contribution in [0.25, 0.3) is 0 Å². The van der Waals surface area contributed by atoms with E-state index in [9.17, 15) is 14.9 Å². The highest BCUT2D eigenvalue weighted by Gasteiger charge is 2.27. The number of methoxy groups -OCH3 is 1. The molecule has 1 unspecified atom stereocenters. The number of esters is 1. The van der Waals surface area contributed by atoms with Crippen LogP contribution in [0.2, 0.25) is 0 Å². The van der Waals surface area contributed by atoms with E-state index in [1.165, 1.54) is 7.11 Å². The number of carbonyl (C=O) groups is 2. The van der Waals surface area contributed by atoms with E-state index >= 15 is 0 Å². The van der Waals surface area contributed by atoms with Crippen molar-refractivity contribution in [2.24, 2.45) is 0 Å². The molecule has 144 valence electrons. The van der Waals surface area contributed by atoms with E-state index in [1.54, 1.807) is 37.3 Å². The summed E-state index contributed by atoms with van der Waals surface area (Å²) in [5, 5.41) is 9.23. The first-order valence-corrected chi connectivity index (χ1v) is 9.19. The van der Waals surface area contributed by atoms with E-state index in [-0.39, 0.29) is 17.8 Å². The zero-order valence-electron chi connectivity index (χ0n) is 16.3. The molecule has 6 nitrogen and oxygen atoms in total. The number of hydrogen-bond acceptors (Lipinski definition) is 6. The molecule has 1 aliphatic rings. The summed E-state index contributed by atoms with van der Waals surface area (Å²) in [4.78, 5) is 28.1. The van der Waals surface area contributed by atoms with Crippen LogP contribution in [-0.2, 0) is 4.74 Å². The SMILES string of the molecule is COC(=O)c1ccc(N2CCN(c3cc(C#N)ccc3C(C)=O)C(C)C2)cc1. The summed E-state index contributed by atoms with van der Waals surface area (Å²) in [6.45, 7) is 5.93. The molecule has 6 heteroatoms. The quantitative estimate of drug-likeness (QED) is 0.601. The zero-order valence-corrected chi connectivity index (χ0v) is 16.3. The number of nitrogens with zero attached hydrogens (tertiary/aromatic N) is 3. The van der Waals surface area contributed by atoms with Gasteiger partial charge in [-0.15, -0.1) is 0 Å². The van der Waals surface area contributed by atoms with E-state index in [4.69, 9.17) is 4.74 Å². The van der Waals surface area contributed by atoms with Crippen molar-refractivity contribution < 1.29 is 14.3 Å². The smallest absolute Gasteiger partial charge is 0.337 e. The number of ketones is 1. The lowest BCUT2D eigenvalue weighted by atomic mass is 10.0. The number of anilines is 2. The Morgan fingerprint density at radius 3 is 2.43 bits per heavy atom. The maximum atomic E-state index is 12.1. The molecule has 0 bridgehead atoms. The monoisotopic (exact) mass is 377 g/mol. The third-order valence-electron chi connectivity index (χ3n) is 5.10. The fourth-order valence-electron chi connectivity index (χ4n) is 3.61. The average molecular weight is 377 g/mol. The number of hydrogen-bond donors (Lipinski definition) is 0. The van der Waals surface area contributed by atoms with Crippen molar-refractivity contribution in [1.29, 1.82) is 5.26 Å². The molecule has 1 atom stereocenters. The van der Waals surface area contributed by atoms with Crippen LogP contribution in [0.5, 0.6) is 0 Å². The summed E-state index contributed by atoms with van der Waals surface area (Å²) in [5.41, 5.74) is 3.57. The maximum Gasteiger partial charge on any atom is 0.337 e. The summed E-state index contributed by atoms with van der Waals surface area (Å²) < 4.78 is 4.74. The summed E-state index contributed by atoms with van der Waals surface area (Å²) in [6, 6.07) is 14.9. The Balaban J connectivity index is 1.80. The number of piperazine rings is 1. The topological polar surface area (TPSA) is 73.6 Å². The molecule has 1 heterocycles. The van der Waals surface area contributed by atoms with Crippen LogP contribution in [0.15, 0.2) is 42.5 Å². The van der Waals surface area contributed by atoms with Crippen LogP contribution in [0.4, 0.5) is 11.4 Å². The highest BCUT2D eigenvalue weighted by molar-refractivity contribution is 6.00. The van der Waals surface area contributed by atoms with Gasteiger partial charge in [-0.1, -0.05) is 0 Å². The van der Waals surface area contributed by atoms with E-state index in [1.807, 2.05) is 12.1 Å². The van der Waals surface area contributed by atoms with Gasteiger partial charge in [0.2, 0.25) is 0 Å². The Hall–Kier alpha value is -3.33. The minimum absolute atomic E-state index is 0.00693.